The first kappa shape index (κ1) is 29.0. The van der Waals surface area contributed by atoms with Crippen LogP contribution in [-0.4, -0.2) is 79.5 Å². The van der Waals surface area contributed by atoms with E-state index in [-0.39, 0.29) is 41.3 Å². The molecule has 0 spiro atoms. The summed E-state index contributed by atoms with van der Waals surface area (Å²) in [5, 5.41) is 16.8. The van der Waals surface area contributed by atoms with E-state index in [1.807, 2.05) is 0 Å². The van der Waals surface area contributed by atoms with Crippen molar-refractivity contribution in [3.05, 3.63) is 63.7 Å². The Labute approximate surface area is 240 Å². The zero-order chi connectivity index (χ0) is 29.9. The van der Waals surface area contributed by atoms with Crippen LogP contribution in [0.4, 0.5) is 17.6 Å². The van der Waals surface area contributed by atoms with Gasteiger partial charge in [-0.2, -0.15) is 8.78 Å². The van der Waals surface area contributed by atoms with E-state index in [0.717, 1.165) is 24.5 Å². The summed E-state index contributed by atoms with van der Waals surface area (Å²) in [4.78, 5) is 35.4. The van der Waals surface area contributed by atoms with Gasteiger partial charge in [-0.3, -0.25) is 9.59 Å². The lowest BCUT2D eigenvalue weighted by atomic mass is 9.70. The number of nitrogens with zero attached hydrogens (tertiary/aromatic N) is 6. The van der Waals surface area contributed by atoms with Crippen LogP contribution in [0.2, 0.25) is 10.0 Å². The van der Waals surface area contributed by atoms with Crippen LogP contribution in [-0.2, 0) is 10.7 Å². The minimum atomic E-state index is -3.76. The highest BCUT2D eigenvalue weighted by Crippen LogP contribution is 2.52. The Morgan fingerprint density at radius 2 is 1.88 bits per heavy atom. The molecule has 0 bridgehead atoms. The average Bonchev–Trinajstić information content (AvgIpc) is 3.29. The molecule has 1 saturated heterocycles. The smallest absolute Gasteiger partial charge is 0.349 e. The van der Waals surface area contributed by atoms with Crippen LogP contribution in [0, 0.1) is 11.3 Å². The first-order valence-electron chi connectivity index (χ1n) is 12.2. The highest BCUT2D eigenvalue weighted by atomic mass is 35.5. The first-order chi connectivity index (χ1) is 19.1. The molecule has 2 amide bonds. The minimum absolute atomic E-state index is 0.00890. The van der Waals surface area contributed by atoms with Crippen molar-refractivity contribution in [1.29, 1.82) is 0 Å². The van der Waals surface area contributed by atoms with Gasteiger partial charge in [0, 0.05) is 44.1 Å². The maximum Gasteiger partial charge on any atom is 0.349 e. The quantitative estimate of drug-likeness (QED) is 0.370. The number of aromatic hydroxyl groups is 1. The summed E-state index contributed by atoms with van der Waals surface area (Å²) in [6.45, 7) is 1.53. The SMILES string of the molecule is CN(CC(c1nnc(C(F)(F)c2ccc(Cl)c(Cl)c2)o1)C1(C)CN(C(=O)[C@H]2CC2(F)F)C1)C(=O)c1cnc(O)cn1. The molecule has 1 aliphatic carbocycles. The van der Waals surface area contributed by atoms with Crippen LogP contribution in [0.15, 0.2) is 35.0 Å². The highest BCUT2D eigenvalue weighted by molar-refractivity contribution is 6.42. The molecule has 5 rings (SSSR count). The van der Waals surface area contributed by atoms with Gasteiger partial charge in [0.15, 0.2) is 0 Å². The van der Waals surface area contributed by atoms with Crippen LogP contribution in [0.5, 0.6) is 5.88 Å². The first-order valence-corrected chi connectivity index (χ1v) is 13.0. The standard InChI is InChI=1S/C25H22Cl2F4N6O4/c1-23(10-37(11-23)20(39)13-6-24(13,28)29)14(9-36(2)21(40)17-7-33-18(38)8-32-17)19-34-35-22(41-19)25(30,31)12-3-4-15(26)16(27)5-12/h3-5,7-8,13-14H,6,9-11H2,1-2H3,(H,33,38)/t13-,14?/m1/s1. The largest absolute Gasteiger partial charge is 0.492 e. The molecule has 2 atom stereocenters. The number of alkyl halides is 4. The predicted molar refractivity (Wildman–Crippen MR) is 135 cm³/mol. The molecule has 2 aromatic heterocycles. The van der Waals surface area contributed by atoms with E-state index in [4.69, 9.17) is 27.6 Å². The number of hydrogen-bond donors (Lipinski definition) is 1. The number of likely N-dealkylation sites (N-methyl/N-ethyl adjacent to an activating group) is 1. The zero-order valence-corrected chi connectivity index (χ0v) is 23.0. The van der Waals surface area contributed by atoms with Gasteiger partial charge in [-0.15, -0.1) is 10.2 Å². The van der Waals surface area contributed by atoms with E-state index in [1.165, 1.54) is 22.9 Å². The Kier molecular flexibility index (Phi) is 7.13. The molecule has 3 heterocycles. The highest BCUT2D eigenvalue weighted by Gasteiger charge is 2.64. The van der Waals surface area contributed by atoms with Gasteiger partial charge in [-0.1, -0.05) is 36.2 Å². The summed E-state index contributed by atoms with van der Waals surface area (Å²) in [5.41, 5.74) is -1.56. The summed E-state index contributed by atoms with van der Waals surface area (Å²) < 4.78 is 63.1. The van der Waals surface area contributed by atoms with Gasteiger partial charge in [0.1, 0.15) is 11.6 Å². The van der Waals surface area contributed by atoms with Gasteiger partial charge in [0.2, 0.25) is 17.7 Å². The number of aromatic nitrogens is 4. The Morgan fingerprint density at radius 3 is 2.46 bits per heavy atom. The van der Waals surface area contributed by atoms with Gasteiger partial charge < -0.3 is 19.3 Å². The molecule has 1 aliphatic heterocycles. The van der Waals surface area contributed by atoms with Gasteiger partial charge in [0.25, 0.3) is 17.7 Å². The third kappa shape index (κ3) is 5.42. The lowest BCUT2D eigenvalue weighted by Gasteiger charge is -2.52. The molecule has 2 fully saturated rings. The second kappa shape index (κ2) is 10.1. The van der Waals surface area contributed by atoms with Crippen LogP contribution in [0.3, 0.4) is 0 Å². The molecule has 3 aromatic rings. The summed E-state index contributed by atoms with van der Waals surface area (Å²) in [6.07, 6.45) is 1.52. The fourth-order valence-corrected chi connectivity index (χ4v) is 5.10. The van der Waals surface area contributed by atoms with Gasteiger partial charge in [0.05, 0.1) is 28.4 Å². The number of hydrogen-bond acceptors (Lipinski definition) is 8. The third-order valence-corrected chi connectivity index (χ3v) is 8.07. The fraction of sp³-hybridized carbons (Fsp3) is 0.440. The maximum atomic E-state index is 15.3. The molecule has 16 heteroatoms. The lowest BCUT2D eigenvalue weighted by Crippen LogP contribution is -2.61. The Morgan fingerprint density at radius 1 is 1.20 bits per heavy atom. The van der Waals surface area contributed by atoms with Gasteiger partial charge in [-0.05, 0) is 12.1 Å². The molecule has 1 unspecified atom stereocenters. The third-order valence-electron chi connectivity index (χ3n) is 7.33. The Bertz CT molecular complexity index is 1500. The molecule has 1 saturated carbocycles. The summed E-state index contributed by atoms with van der Waals surface area (Å²) >= 11 is 11.8. The van der Waals surface area contributed by atoms with E-state index in [1.54, 1.807) is 6.92 Å². The Balaban J connectivity index is 1.42. The van der Waals surface area contributed by atoms with Crippen molar-refractivity contribution in [2.75, 3.05) is 26.7 Å². The number of likely N-dealkylation sites (tertiary alicyclic amines) is 1. The molecular weight excluding hydrogens is 595 g/mol. The van der Waals surface area contributed by atoms with Crippen LogP contribution in [0.1, 0.15) is 47.1 Å². The van der Waals surface area contributed by atoms with Crippen molar-refractivity contribution < 1.29 is 36.7 Å². The van der Waals surface area contributed by atoms with Crippen LogP contribution >= 0.6 is 23.2 Å². The number of carbonyl (C=O) groups is 2. The van der Waals surface area contributed by atoms with Crippen LogP contribution < -0.4 is 0 Å². The topological polar surface area (TPSA) is 126 Å². The van der Waals surface area contributed by atoms with Crippen molar-refractivity contribution in [1.82, 2.24) is 30.0 Å². The molecular formula is C25H22Cl2F4N6O4. The molecule has 0 radical (unpaired) electrons. The van der Waals surface area contributed by atoms with E-state index in [9.17, 15) is 23.5 Å². The van der Waals surface area contributed by atoms with Gasteiger partial charge >= 0.3 is 5.92 Å². The Hall–Kier alpha value is -3.52. The van der Waals surface area contributed by atoms with E-state index < -0.39 is 64.7 Å². The van der Waals surface area contributed by atoms with Crippen molar-refractivity contribution in [2.24, 2.45) is 11.3 Å². The second-order valence-corrected chi connectivity index (χ2v) is 11.3. The fourth-order valence-electron chi connectivity index (χ4n) is 4.80. The van der Waals surface area contributed by atoms with Crippen molar-refractivity contribution in [2.45, 2.75) is 31.1 Å². The summed E-state index contributed by atoms with van der Waals surface area (Å²) in [6, 6.07) is 3.23. The van der Waals surface area contributed by atoms with Crippen molar-refractivity contribution in [3.63, 3.8) is 0 Å². The summed E-state index contributed by atoms with van der Waals surface area (Å²) in [7, 11) is 1.42. The molecule has 10 nitrogen and oxygen atoms in total. The van der Waals surface area contributed by atoms with Gasteiger partial charge in [-0.25, -0.2) is 18.7 Å². The molecule has 1 aromatic carbocycles. The van der Waals surface area contributed by atoms with Crippen molar-refractivity contribution >= 4 is 35.0 Å². The average molecular weight is 617 g/mol. The lowest BCUT2D eigenvalue weighted by molar-refractivity contribution is -0.148. The molecule has 2 aliphatic rings. The van der Waals surface area contributed by atoms with E-state index in [0.29, 0.717) is 0 Å². The van der Waals surface area contributed by atoms with Crippen molar-refractivity contribution in [3.8, 4) is 5.88 Å². The van der Waals surface area contributed by atoms with E-state index in [2.05, 4.69) is 20.2 Å². The summed E-state index contributed by atoms with van der Waals surface area (Å²) in [5.74, 6) is -12.1. The zero-order valence-electron chi connectivity index (χ0n) is 21.5. The normalized spacial score (nSPS) is 19.8. The monoisotopic (exact) mass is 616 g/mol. The minimum Gasteiger partial charge on any atom is -0.492 e. The predicted octanol–water partition coefficient (Wildman–Crippen LogP) is 4.37. The maximum absolute atomic E-state index is 15.3. The number of rotatable bonds is 8. The molecule has 218 valence electrons. The number of halogens is 6. The number of amides is 2. The number of benzene rings is 1. The van der Waals surface area contributed by atoms with E-state index >= 15 is 8.78 Å². The molecule has 1 N–H and O–H groups in total. The molecule has 41 heavy (non-hydrogen) atoms. The second-order valence-electron chi connectivity index (χ2n) is 10.5. The number of carbonyl (C=O) groups excluding carboxylic acids is 2. The van der Waals surface area contributed by atoms with Crippen LogP contribution in [0.25, 0.3) is 0 Å².